The molecule has 1 heterocycles. The molecule has 0 aliphatic carbocycles. The van der Waals surface area contributed by atoms with E-state index < -0.39 is 5.60 Å². The summed E-state index contributed by atoms with van der Waals surface area (Å²) in [6, 6.07) is 0. The minimum absolute atomic E-state index is 0.0118. The predicted molar refractivity (Wildman–Crippen MR) is 65.3 cm³/mol. The van der Waals surface area contributed by atoms with Crippen LogP contribution in [-0.4, -0.2) is 21.4 Å². The average Bonchev–Trinajstić information content (AvgIpc) is 2.59. The van der Waals surface area contributed by atoms with Gasteiger partial charge in [-0.2, -0.15) is 5.10 Å². The van der Waals surface area contributed by atoms with Gasteiger partial charge in [-0.05, 0) is 12.3 Å². The Morgan fingerprint density at radius 1 is 1.62 bits per heavy atom. The van der Waals surface area contributed by atoms with Crippen molar-refractivity contribution in [1.29, 1.82) is 0 Å². The molecule has 1 aromatic heterocycles. The molecule has 0 aromatic carbocycles. The van der Waals surface area contributed by atoms with E-state index in [-0.39, 0.29) is 12.5 Å². The van der Waals surface area contributed by atoms with E-state index >= 15 is 0 Å². The lowest BCUT2D eigenvalue weighted by molar-refractivity contribution is -0.00941. The molecule has 92 valence electrons. The van der Waals surface area contributed by atoms with Gasteiger partial charge in [-0.3, -0.25) is 4.68 Å². The van der Waals surface area contributed by atoms with Crippen molar-refractivity contribution in [2.24, 2.45) is 11.7 Å². The Bertz CT molecular complexity index is 351. The van der Waals surface area contributed by atoms with Gasteiger partial charge in [-0.1, -0.05) is 32.4 Å². The van der Waals surface area contributed by atoms with E-state index in [9.17, 15) is 5.11 Å². The van der Waals surface area contributed by atoms with Crippen LogP contribution >= 0.6 is 11.6 Å². The Hall–Kier alpha value is -0.580. The molecule has 0 radical (unpaired) electrons. The molecule has 0 saturated carbocycles. The zero-order chi connectivity index (χ0) is 12.3. The van der Waals surface area contributed by atoms with Crippen molar-refractivity contribution in [3.63, 3.8) is 0 Å². The summed E-state index contributed by atoms with van der Waals surface area (Å²) in [7, 11) is 0. The van der Waals surface area contributed by atoms with Crippen molar-refractivity contribution in [1.82, 2.24) is 9.78 Å². The Morgan fingerprint density at radius 3 is 2.69 bits per heavy atom. The maximum atomic E-state index is 10.6. The van der Waals surface area contributed by atoms with Crippen molar-refractivity contribution in [3.05, 3.63) is 16.9 Å². The van der Waals surface area contributed by atoms with Crippen molar-refractivity contribution >= 4 is 11.6 Å². The van der Waals surface area contributed by atoms with E-state index in [0.717, 1.165) is 13.0 Å². The Balaban J connectivity index is 3.23. The van der Waals surface area contributed by atoms with E-state index in [1.807, 2.05) is 13.8 Å². The fraction of sp³-hybridized carbons (Fsp3) is 0.727. The summed E-state index contributed by atoms with van der Waals surface area (Å²) in [5.41, 5.74) is 5.21. The smallest absolute Gasteiger partial charge is 0.122 e. The normalized spacial score (nSPS) is 15.4. The third-order valence-corrected chi connectivity index (χ3v) is 3.18. The highest BCUT2D eigenvalue weighted by molar-refractivity contribution is 6.31. The van der Waals surface area contributed by atoms with Gasteiger partial charge in [0.15, 0.2) is 0 Å². The second kappa shape index (κ2) is 5.17. The van der Waals surface area contributed by atoms with Gasteiger partial charge in [0.1, 0.15) is 5.60 Å². The molecule has 1 aromatic rings. The maximum Gasteiger partial charge on any atom is 0.122 e. The lowest BCUT2D eigenvalue weighted by Gasteiger charge is -2.31. The van der Waals surface area contributed by atoms with Crippen LogP contribution in [0.5, 0.6) is 0 Å². The molecule has 5 heteroatoms. The topological polar surface area (TPSA) is 64.1 Å². The number of hydrogen-bond donors (Lipinski definition) is 2. The van der Waals surface area contributed by atoms with Crippen molar-refractivity contribution in [2.45, 2.75) is 39.3 Å². The van der Waals surface area contributed by atoms with E-state index in [4.69, 9.17) is 17.3 Å². The number of nitrogens with zero attached hydrogens (tertiary/aromatic N) is 2. The molecule has 0 fully saturated rings. The average molecular weight is 246 g/mol. The van der Waals surface area contributed by atoms with E-state index in [1.54, 1.807) is 10.9 Å². The van der Waals surface area contributed by atoms with Crippen molar-refractivity contribution in [3.8, 4) is 0 Å². The SMILES string of the molecule is CCCn1ncc(Cl)c1C(O)(CN)C(C)C. The number of halogens is 1. The number of rotatable bonds is 5. The van der Waals surface area contributed by atoms with Crippen LogP contribution < -0.4 is 5.73 Å². The zero-order valence-corrected chi connectivity index (χ0v) is 10.8. The summed E-state index contributed by atoms with van der Waals surface area (Å²) >= 11 is 6.09. The predicted octanol–water partition coefficient (Wildman–Crippen LogP) is 1.75. The van der Waals surface area contributed by atoms with Crippen molar-refractivity contribution < 1.29 is 5.11 Å². The summed E-state index contributed by atoms with van der Waals surface area (Å²) in [4.78, 5) is 0. The summed E-state index contributed by atoms with van der Waals surface area (Å²) in [6.45, 7) is 6.77. The molecule has 0 amide bonds. The number of nitrogens with two attached hydrogens (primary N) is 1. The molecule has 1 atom stereocenters. The molecular formula is C11H20ClN3O. The summed E-state index contributed by atoms with van der Waals surface area (Å²) in [6.07, 6.45) is 2.50. The Labute approximate surface area is 101 Å². The highest BCUT2D eigenvalue weighted by Gasteiger charge is 2.37. The first-order valence-electron chi connectivity index (χ1n) is 5.61. The molecule has 0 aliphatic heterocycles. The molecule has 0 spiro atoms. The molecule has 0 saturated heterocycles. The molecular weight excluding hydrogens is 226 g/mol. The van der Waals surface area contributed by atoms with Crippen LogP contribution in [0.15, 0.2) is 6.20 Å². The lowest BCUT2D eigenvalue weighted by atomic mass is 9.87. The molecule has 3 N–H and O–H groups in total. The Morgan fingerprint density at radius 2 is 2.25 bits per heavy atom. The van der Waals surface area contributed by atoms with Gasteiger partial charge < -0.3 is 10.8 Å². The van der Waals surface area contributed by atoms with Gasteiger partial charge in [0, 0.05) is 13.1 Å². The van der Waals surface area contributed by atoms with Crippen LogP contribution in [0.4, 0.5) is 0 Å². The monoisotopic (exact) mass is 245 g/mol. The fourth-order valence-corrected chi connectivity index (χ4v) is 2.08. The number of aliphatic hydroxyl groups is 1. The molecule has 16 heavy (non-hydrogen) atoms. The van der Waals surface area contributed by atoms with Gasteiger partial charge >= 0.3 is 0 Å². The van der Waals surface area contributed by atoms with E-state index in [1.165, 1.54) is 0 Å². The van der Waals surface area contributed by atoms with Crippen LogP contribution in [0.25, 0.3) is 0 Å². The lowest BCUT2D eigenvalue weighted by Crippen LogP contribution is -2.42. The summed E-state index contributed by atoms with van der Waals surface area (Å²) in [5, 5.41) is 15.2. The minimum Gasteiger partial charge on any atom is -0.382 e. The maximum absolute atomic E-state index is 10.6. The van der Waals surface area contributed by atoms with Gasteiger partial charge in [-0.25, -0.2) is 0 Å². The first-order chi connectivity index (χ1) is 7.47. The number of aromatic nitrogens is 2. The van der Waals surface area contributed by atoms with Gasteiger partial charge in [0.05, 0.1) is 16.9 Å². The van der Waals surface area contributed by atoms with E-state index in [2.05, 4.69) is 12.0 Å². The van der Waals surface area contributed by atoms with Gasteiger partial charge in [-0.15, -0.1) is 0 Å². The first-order valence-corrected chi connectivity index (χ1v) is 5.99. The first kappa shape index (κ1) is 13.5. The van der Waals surface area contributed by atoms with Crippen LogP contribution in [0, 0.1) is 5.92 Å². The minimum atomic E-state index is -1.11. The van der Waals surface area contributed by atoms with E-state index in [0.29, 0.717) is 10.7 Å². The molecule has 0 aliphatic rings. The largest absolute Gasteiger partial charge is 0.382 e. The standard InChI is InChI=1S/C11H20ClN3O/c1-4-5-15-10(9(12)6-14-15)11(16,7-13)8(2)3/h6,8,16H,4-5,7,13H2,1-3H3. The highest BCUT2D eigenvalue weighted by atomic mass is 35.5. The van der Waals surface area contributed by atoms with Gasteiger partial charge in [0.2, 0.25) is 0 Å². The fourth-order valence-electron chi connectivity index (χ4n) is 1.78. The summed E-state index contributed by atoms with van der Waals surface area (Å²) < 4.78 is 1.75. The zero-order valence-electron chi connectivity index (χ0n) is 10.1. The van der Waals surface area contributed by atoms with Crippen LogP contribution in [0.1, 0.15) is 32.9 Å². The third-order valence-electron chi connectivity index (χ3n) is 2.91. The van der Waals surface area contributed by atoms with Crippen molar-refractivity contribution in [2.75, 3.05) is 6.54 Å². The molecule has 0 bridgehead atoms. The molecule has 1 rings (SSSR count). The second-order valence-corrected chi connectivity index (χ2v) is 4.75. The number of hydrogen-bond acceptors (Lipinski definition) is 3. The van der Waals surface area contributed by atoms with Crippen LogP contribution in [-0.2, 0) is 12.1 Å². The summed E-state index contributed by atoms with van der Waals surface area (Å²) in [5.74, 6) is -0.0118. The van der Waals surface area contributed by atoms with Crippen LogP contribution in [0.2, 0.25) is 5.02 Å². The Kier molecular flexibility index (Phi) is 4.35. The molecule has 1 unspecified atom stereocenters. The van der Waals surface area contributed by atoms with Gasteiger partial charge in [0.25, 0.3) is 0 Å². The quantitative estimate of drug-likeness (QED) is 0.831. The second-order valence-electron chi connectivity index (χ2n) is 4.35. The third kappa shape index (κ3) is 2.24. The number of aryl methyl sites for hydroxylation is 1. The highest BCUT2D eigenvalue weighted by Crippen LogP contribution is 2.33. The van der Waals surface area contributed by atoms with Crippen LogP contribution in [0.3, 0.4) is 0 Å². The molecule has 4 nitrogen and oxygen atoms in total.